The maximum Gasteiger partial charge on any atom is 0.309 e. The van der Waals surface area contributed by atoms with Crippen molar-refractivity contribution in [2.24, 2.45) is 52.3 Å². The van der Waals surface area contributed by atoms with Crippen LogP contribution in [0.15, 0.2) is 11.6 Å². The second kappa shape index (κ2) is 12.2. The highest BCUT2D eigenvalue weighted by Crippen LogP contribution is 2.67. The topological polar surface area (TPSA) is 26.3 Å². The van der Waals surface area contributed by atoms with Crippen molar-refractivity contribution in [2.75, 3.05) is 0 Å². The zero-order valence-corrected chi connectivity index (χ0v) is 25.6. The molecule has 37 heavy (non-hydrogen) atoms. The molecule has 2 heteroatoms. The summed E-state index contributed by atoms with van der Waals surface area (Å²) in [5.41, 5.74) is 2.53. The quantitative estimate of drug-likeness (QED) is 0.203. The summed E-state index contributed by atoms with van der Waals surface area (Å²) in [5.74, 6) is 5.44. The molecule has 0 N–H and O–H groups in total. The molecule has 3 saturated carbocycles. The van der Waals surface area contributed by atoms with Crippen LogP contribution in [0.3, 0.4) is 0 Å². The molecule has 0 spiro atoms. The summed E-state index contributed by atoms with van der Waals surface area (Å²) >= 11 is 0. The maximum atomic E-state index is 12.9. The third-order valence-electron chi connectivity index (χ3n) is 12.3. The molecular weight excluding hydrogens is 452 g/mol. The number of unbranched alkanes of at least 4 members (excludes halogenated alkanes) is 1. The summed E-state index contributed by atoms with van der Waals surface area (Å²) < 4.78 is 6.16. The van der Waals surface area contributed by atoms with Crippen molar-refractivity contribution in [1.82, 2.24) is 0 Å². The van der Waals surface area contributed by atoms with Crippen LogP contribution in [0.1, 0.15) is 145 Å². The fourth-order valence-electron chi connectivity index (χ4n) is 9.95. The standard InChI is InChI=1S/C35H60O2/c1-8-10-14-26(9-2)33(36)37-28-19-21-34(6)27(23-28)15-16-29-31-18-17-30(25(5)13-11-12-24(3)4)35(31,7)22-20-32(29)34/h15,24-26,28-32H,8-14,16-23H2,1-7H3/t25?,26?,28-,29?,30+,31?,32?,34-,35+/m0/s1. The molecule has 2 nitrogen and oxygen atoms in total. The van der Waals surface area contributed by atoms with Crippen molar-refractivity contribution in [3.63, 3.8) is 0 Å². The Morgan fingerprint density at radius 1 is 0.973 bits per heavy atom. The number of hydrogen-bond acceptors (Lipinski definition) is 2. The molecule has 0 saturated heterocycles. The van der Waals surface area contributed by atoms with Crippen molar-refractivity contribution in [3.05, 3.63) is 11.6 Å². The number of hydrogen-bond donors (Lipinski definition) is 0. The first-order valence-electron chi connectivity index (χ1n) is 16.5. The number of ether oxygens (including phenoxy) is 1. The van der Waals surface area contributed by atoms with Gasteiger partial charge in [0.15, 0.2) is 0 Å². The molecule has 0 aliphatic heterocycles. The molecule has 0 aromatic rings. The highest BCUT2D eigenvalue weighted by Gasteiger charge is 2.59. The Balaban J connectivity index is 1.40. The smallest absolute Gasteiger partial charge is 0.309 e. The predicted octanol–water partition coefficient (Wildman–Crippen LogP) is 10.2. The van der Waals surface area contributed by atoms with Crippen LogP contribution in [0.25, 0.3) is 0 Å². The van der Waals surface area contributed by atoms with Gasteiger partial charge in [0.25, 0.3) is 0 Å². The third kappa shape index (κ3) is 5.89. The van der Waals surface area contributed by atoms with E-state index >= 15 is 0 Å². The third-order valence-corrected chi connectivity index (χ3v) is 12.3. The highest BCUT2D eigenvalue weighted by atomic mass is 16.5. The van der Waals surface area contributed by atoms with E-state index in [1.807, 2.05) is 0 Å². The predicted molar refractivity (Wildman–Crippen MR) is 156 cm³/mol. The fraction of sp³-hybridized carbons (Fsp3) is 0.914. The first-order valence-corrected chi connectivity index (χ1v) is 16.5. The Kier molecular flexibility index (Phi) is 9.60. The van der Waals surface area contributed by atoms with E-state index in [0.717, 1.165) is 74.0 Å². The van der Waals surface area contributed by atoms with Gasteiger partial charge in [0, 0.05) is 6.42 Å². The van der Waals surface area contributed by atoms with Crippen LogP contribution in [0.2, 0.25) is 0 Å². The van der Waals surface area contributed by atoms with Crippen LogP contribution in [0, 0.1) is 52.3 Å². The summed E-state index contributed by atoms with van der Waals surface area (Å²) in [6, 6.07) is 0. The lowest BCUT2D eigenvalue weighted by Gasteiger charge is -2.58. The fourth-order valence-corrected chi connectivity index (χ4v) is 9.95. The summed E-state index contributed by atoms with van der Waals surface area (Å²) in [6.45, 7) is 17.0. The lowest BCUT2D eigenvalue weighted by Crippen LogP contribution is -2.51. The monoisotopic (exact) mass is 512 g/mol. The molecule has 0 radical (unpaired) electrons. The highest BCUT2D eigenvalue weighted by molar-refractivity contribution is 5.72. The first-order chi connectivity index (χ1) is 17.6. The molecule has 0 heterocycles. The molecule has 0 amide bonds. The Bertz CT molecular complexity index is 797. The molecule has 9 atom stereocenters. The van der Waals surface area contributed by atoms with Gasteiger partial charge < -0.3 is 4.74 Å². The molecular formula is C35H60O2. The van der Waals surface area contributed by atoms with Crippen LogP contribution in [0.5, 0.6) is 0 Å². The second-order valence-electron chi connectivity index (χ2n) is 14.8. The molecule has 0 aromatic carbocycles. The molecule has 4 aliphatic carbocycles. The van der Waals surface area contributed by atoms with Crippen molar-refractivity contribution in [1.29, 1.82) is 0 Å². The van der Waals surface area contributed by atoms with Gasteiger partial charge in [-0.2, -0.15) is 0 Å². The number of fused-ring (bicyclic) bond motifs is 5. The van der Waals surface area contributed by atoms with Gasteiger partial charge in [0.05, 0.1) is 5.92 Å². The van der Waals surface area contributed by atoms with Crippen LogP contribution in [-0.2, 0) is 9.53 Å². The Morgan fingerprint density at radius 2 is 1.76 bits per heavy atom. The van der Waals surface area contributed by atoms with Crippen molar-refractivity contribution in [3.8, 4) is 0 Å². The van der Waals surface area contributed by atoms with E-state index in [-0.39, 0.29) is 18.0 Å². The zero-order chi connectivity index (χ0) is 26.8. The largest absolute Gasteiger partial charge is 0.462 e. The van der Waals surface area contributed by atoms with E-state index in [1.165, 1.54) is 57.8 Å². The Morgan fingerprint density at radius 3 is 2.46 bits per heavy atom. The number of carbonyl (C=O) groups is 1. The first kappa shape index (κ1) is 29.2. The molecule has 5 unspecified atom stereocenters. The molecule has 4 rings (SSSR count). The average molecular weight is 513 g/mol. The van der Waals surface area contributed by atoms with Crippen LogP contribution >= 0.6 is 0 Å². The minimum atomic E-state index is 0.0757. The van der Waals surface area contributed by atoms with Gasteiger partial charge in [-0.15, -0.1) is 0 Å². The van der Waals surface area contributed by atoms with Gasteiger partial charge in [-0.05, 0) is 104 Å². The Hall–Kier alpha value is -0.790. The van der Waals surface area contributed by atoms with E-state index in [9.17, 15) is 4.79 Å². The van der Waals surface area contributed by atoms with Crippen LogP contribution in [0.4, 0.5) is 0 Å². The van der Waals surface area contributed by atoms with Crippen LogP contribution in [-0.4, -0.2) is 12.1 Å². The lowest BCUT2D eigenvalue weighted by molar-refractivity contribution is -0.157. The van der Waals surface area contributed by atoms with E-state index < -0.39 is 0 Å². The summed E-state index contributed by atoms with van der Waals surface area (Å²) in [6.07, 6.45) is 21.5. The molecule has 0 bridgehead atoms. The van der Waals surface area contributed by atoms with E-state index in [1.54, 1.807) is 5.57 Å². The molecule has 3 fully saturated rings. The van der Waals surface area contributed by atoms with Gasteiger partial charge in [0.1, 0.15) is 6.10 Å². The number of carbonyl (C=O) groups excluding carboxylic acids is 1. The Labute approximate surface area is 230 Å². The number of allylic oxidation sites excluding steroid dienone is 1. The minimum absolute atomic E-state index is 0.0757. The zero-order valence-electron chi connectivity index (χ0n) is 25.6. The number of esters is 1. The van der Waals surface area contributed by atoms with Gasteiger partial charge in [-0.3, -0.25) is 4.79 Å². The average Bonchev–Trinajstić information content (AvgIpc) is 3.21. The van der Waals surface area contributed by atoms with Crippen molar-refractivity contribution >= 4 is 5.97 Å². The van der Waals surface area contributed by atoms with Gasteiger partial charge >= 0.3 is 5.97 Å². The van der Waals surface area contributed by atoms with Crippen molar-refractivity contribution in [2.45, 2.75) is 151 Å². The molecule has 0 aromatic heterocycles. The minimum Gasteiger partial charge on any atom is -0.462 e. The lowest BCUT2D eigenvalue weighted by atomic mass is 9.47. The van der Waals surface area contributed by atoms with E-state index in [0.29, 0.717) is 10.8 Å². The second-order valence-corrected chi connectivity index (χ2v) is 14.8. The summed E-state index contributed by atoms with van der Waals surface area (Å²) in [7, 11) is 0. The number of rotatable bonds is 11. The van der Waals surface area contributed by atoms with Crippen molar-refractivity contribution < 1.29 is 9.53 Å². The molecule has 212 valence electrons. The molecule has 4 aliphatic rings. The summed E-state index contributed by atoms with van der Waals surface area (Å²) in [5, 5.41) is 0. The normalized spacial score (nSPS) is 38.8. The van der Waals surface area contributed by atoms with Crippen LogP contribution < -0.4 is 0 Å². The summed E-state index contributed by atoms with van der Waals surface area (Å²) in [4.78, 5) is 12.9. The van der Waals surface area contributed by atoms with Gasteiger partial charge in [-0.25, -0.2) is 0 Å². The SMILES string of the molecule is CCCCC(CC)C(=O)O[C@H]1CC[C@@]2(C)C(=CCC3C2CC[C@@]2(C)C3CC[C@@H]2C(C)CCCC(C)C)C1. The maximum absolute atomic E-state index is 12.9. The van der Waals surface area contributed by atoms with E-state index in [2.05, 4.69) is 54.5 Å². The van der Waals surface area contributed by atoms with Gasteiger partial charge in [-0.1, -0.05) is 92.2 Å². The van der Waals surface area contributed by atoms with E-state index in [4.69, 9.17) is 4.74 Å². The van der Waals surface area contributed by atoms with Gasteiger partial charge in [0.2, 0.25) is 0 Å².